The first-order valence-corrected chi connectivity index (χ1v) is 8.95. The SMILES string of the molecule is CN(CCC(=O)N1CCNCC1)C1CCN(c2cccnn2)CC1.Cl.Cl. The number of amides is 1. The molecule has 1 amide bonds. The summed E-state index contributed by atoms with van der Waals surface area (Å²) in [6, 6.07) is 4.50. The summed E-state index contributed by atoms with van der Waals surface area (Å²) in [6.07, 6.45) is 4.55. The van der Waals surface area contributed by atoms with E-state index in [1.54, 1.807) is 6.20 Å². The molecule has 0 unspecified atom stereocenters. The highest BCUT2D eigenvalue weighted by molar-refractivity contribution is 5.85. The van der Waals surface area contributed by atoms with E-state index in [-0.39, 0.29) is 24.8 Å². The first-order chi connectivity index (χ1) is 11.7. The van der Waals surface area contributed by atoms with E-state index in [1.807, 2.05) is 17.0 Å². The highest BCUT2D eigenvalue weighted by atomic mass is 35.5. The molecule has 2 saturated heterocycles. The van der Waals surface area contributed by atoms with Crippen molar-refractivity contribution in [1.82, 2.24) is 25.3 Å². The summed E-state index contributed by atoms with van der Waals surface area (Å²) >= 11 is 0. The van der Waals surface area contributed by atoms with Crippen molar-refractivity contribution in [1.29, 1.82) is 0 Å². The van der Waals surface area contributed by atoms with Crippen molar-refractivity contribution in [2.75, 3.05) is 57.8 Å². The second kappa shape index (κ2) is 11.5. The number of aromatic nitrogens is 2. The van der Waals surface area contributed by atoms with E-state index >= 15 is 0 Å². The van der Waals surface area contributed by atoms with Gasteiger partial charge in [0.15, 0.2) is 5.82 Å². The third-order valence-corrected chi connectivity index (χ3v) is 5.12. The molecule has 2 aliphatic rings. The molecule has 9 heteroatoms. The van der Waals surface area contributed by atoms with E-state index in [2.05, 4.69) is 32.4 Å². The molecule has 0 spiro atoms. The molecule has 0 atom stereocenters. The van der Waals surface area contributed by atoms with Crippen LogP contribution in [0, 0.1) is 0 Å². The molecule has 2 aliphatic heterocycles. The van der Waals surface area contributed by atoms with Crippen molar-refractivity contribution < 1.29 is 4.79 Å². The number of nitrogens with zero attached hydrogens (tertiary/aromatic N) is 5. The van der Waals surface area contributed by atoms with Crippen molar-refractivity contribution in [3.63, 3.8) is 0 Å². The number of piperazine rings is 1. The van der Waals surface area contributed by atoms with E-state index in [1.165, 1.54) is 0 Å². The second-order valence-electron chi connectivity index (χ2n) is 6.66. The van der Waals surface area contributed by atoms with Gasteiger partial charge >= 0.3 is 0 Å². The number of hydrogen-bond donors (Lipinski definition) is 1. The molecule has 0 aliphatic carbocycles. The Labute approximate surface area is 168 Å². The molecule has 2 fully saturated rings. The lowest BCUT2D eigenvalue weighted by Crippen LogP contribution is -2.48. The quantitative estimate of drug-likeness (QED) is 0.790. The maximum atomic E-state index is 12.3. The first-order valence-electron chi connectivity index (χ1n) is 8.95. The molecule has 148 valence electrons. The van der Waals surface area contributed by atoms with Gasteiger partial charge in [0.25, 0.3) is 0 Å². The number of piperidine rings is 1. The van der Waals surface area contributed by atoms with Crippen LogP contribution in [-0.4, -0.2) is 84.8 Å². The molecule has 1 N–H and O–H groups in total. The number of halogens is 2. The normalized spacial score (nSPS) is 18.2. The van der Waals surface area contributed by atoms with Gasteiger partial charge in [-0.25, -0.2) is 0 Å². The number of carbonyl (C=O) groups is 1. The van der Waals surface area contributed by atoms with Crippen LogP contribution in [0.1, 0.15) is 19.3 Å². The van der Waals surface area contributed by atoms with Crippen LogP contribution in [0.4, 0.5) is 5.82 Å². The topological polar surface area (TPSA) is 64.6 Å². The van der Waals surface area contributed by atoms with Crippen LogP contribution in [0.15, 0.2) is 18.3 Å². The van der Waals surface area contributed by atoms with Gasteiger partial charge in [-0.15, -0.1) is 29.9 Å². The second-order valence-corrected chi connectivity index (χ2v) is 6.66. The van der Waals surface area contributed by atoms with Gasteiger partial charge in [-0.05, 0) is 32.0 Å². The Morgan fingerprint density at radius 2 is 1.92 bits per heavy atom. The minimum absolute atomic E-state index is 0. The van der Waals surface area contributed by atoms with Gasteiger partial charge < -0.3 is 20.0 Å². The third-order valence-electron chi connectivity index (χ3n) is 5.12. The summed E-state index contributed by atoms with van der Waals surface area (Å²) in [4.78, 5) is 18.9. The zero-order valence-electron chi connectivity index (χ0n) is 15.3. The van der Waals surface area contributed by atoms with Crippen molar-refractivity contribution in [2.24, 2.45) is 0 Å². The molecule has 0 aromatic carbocycles. The van der Waals surface area contributed by atoms with Crippen LogP contribution in [-0.2, 0) is 4.79 Å². The van der Waals surface area contributed by atoms with E-state index < -0.39 is 0 Å². The van der Waals surface area contributed by atoms with Gasteiger partial charge in [-0.3, -0.25) is 4.79 Å². The highest BCUT2D eigenvalue weighted by Crippen LogP contribution is 2.20. The highest BCUT2D eigenvalue weighted by Gasteiger charge is 2.24. The average molecular weight is 405 g/mol. The fourth-order valence-corrected chi connectivity index (χ4v) is 3.52. The van der Waals surface area contributed by atoms with Crippen LogP contribution >= 0.6 is 24.8 Å². The number of rotatable bonds is 5. The minimum atomic E-state index is 0. The Bertz CT molecular complexity index is 521. The Morgan fingerprint density at radius 1 is 1.23 bits per heavy atom. The zero-order valence-corrected chi connectivity index (χ0v) is 17.0. The standard InChI is InChI=1S/C17H28N6O.2ClH/c1-21(10-6-17(24)23-13-8-18-9-14-23)15-4-11-22(12-5-15)16-3-2-7-19-20-16;;/h2-3,7,15,18H,4-6,8-14H2,1H3;2*1H. The van der Waals surface area contributed by atoms with Crippen molar-refractivity contribution in [3.8, 4) is 0 Å². The summed E-state index contributed by atoms with van der Waals surface area (Å²) in [6.45, 7) is 6.38. The molecule has 3 heterocycles. The molecular weight excluding hydrogens is 375 g/mol. The fraction of sp³-hybridized carbons (Fsp3) is 0.706. The van der Waals surface area contributed by atoms with Crippen molar-refractivity contribution >= 4 is 36.5 Å². The smallest absolute Gasteiger partial charge is 0.223 e. The number of carbonyl (C=O) groups excluding carboxylic acids is 1. The fourth-order valence-electron chi connectivity index (χ4n) is 3.52. The first kappa shape index (κ1) is 22.9. The molecule has 7 nitrogen and oxygen atoms in total. The number of hydrogen-bond acceptors (Lipinski definition) is 6. The predicted octanol–water partition coefficient (Wildman–Crippen LogP) is 1.04. The van der Waals surface area contributed by atoms with E-state index in [0.29, 0.717) is 18.4 Å². The third kappa shape index (κ3) is 6.23. The zero-order chi connectivity index (χ0) is 16.8. The summed E-state index contributed by atoms with van der Waals surface area (Å²) < 4.78 is 0. The van der Waals surface area contributed by atoms with Crippen LogP contribution in [0.5, 0.6) is 0 Å². The lowest BCUT2D eigenvalue weighted by Gasteiger charge is -2.37. The van der Waals surface area contributed by atoms with E-state index in [4.69, 9.17) is 0 Å². The largest absolute Gasteiger partial charge is 0.355 e. The molecule has 3 rings (SSSR count). The van der Waals surface area contributed by atoms with Crippen molar-refractivity contribution in [2.45, 2.75) is 25.3 Å². The molecule has 1 aromatic rings. The van der Waals surface area contributed by atoms with Gasteiger partial charge in [0.1, 0.15) is 0 Å². The molecular formula is C17H30Cl2N6O. The minimum Gasteiger partial charge on any atom is -0.355 e. The van der Waals surface area contributed by atoms with E-state index in [9.17, 15) is 4.79 Å². The Kier molecular flexibility index (Phi) is 10.2. The van der Waals surface area contributed by atoms with Gasteiger partial charge in [0, 0.05) is 64.5 Å². The molecule has 0 saturated carbocycles. The number of anilines is 1. The maximum Gasteiger partial charge on any atom is 0.223 e. The van der Waals surface area contributed by atoms with Crippen LogP contribution in [0.3, 0.4) is 0 Å². The van der Waals surface area contributed by atoms with Crippen molar-refractivity contribution in [3.05, 3.63) is 18.3 Å². The molecule has 26 heavy (non-hydrogen) atoms. The average Bonchev–Trinajstić information content (AvgIpc) is 2.67. The summed E-state index contributed by atoms with van der Waals surface area (Å²) in [7, 11) is 2.15. The Balaban J connectivity index is 0.00000169. The maximum absolute atomic E-state index is 12.3. The Morgan fingerprint density at radius 3 is 2.54 bits per heavy atom. The van der Waals surface area contributed by atoms with Gasteiger partial charge in [0.05, 0.1) is 0 Å². The monoisotopic (exact) mass is 404 g/mol. The number of nitrogens with one attached hydrogen (secondary N) is 1. The predicted molar refractivity (Wildman–Crippen MR) is 108 cm³/mol. The summed E-state index contributed by atoms with van der Waals surface area (Å²) in [5.41, 5.74) is 0. The summed E-state index contributed by atoms with van der Waals surface area (Å²) in [5.74, 6) is 1.26. The Hall–Kier alpha value is -1.15. The van der Waals surface area contributed by atoms with Crippen LogP contribution in [0.2, 0.25) is 0 Å². The lowest BCUT2D eigenvalue weighted by molar-refractivity contribution is -0.132. The summed E-state index contributed by atoms with van der Waals surface area (Å²) in [5, 5.41) is 11.4. The van der Waals surface area contributed by atoms with E-state index in [0.717, 1.165) is 64.5 Å². The van der Waals surface area contributed by atoms with Gasteiger partial charge in [-0.1, -0.05) is 0 Å². The van der Waals surface area contributed by atoms with Gasteiger partial charge in [-0.2, -0.15) is 5.10 Å². The van der Waals surface area contributed by atoms with Crippen LogP contribution < -0.4 is 10.2 Å². The molecule has 0 radical (unpaired) electrons. The van der Waals surface area contributed by atoms with Crippen LogP contribution in [0.25, 0.3) is 0 Å². The van der Waals surface area contributed by atoms with Gasteiger partial charge in [0.2, 0.25) is 5.91 Å². The molecule has 0 bridgehead atoms. The molecule has 1 aromatic heterocycles. The lowest BCUT2D eigenvalue weighted by atomic mass is 10.0.